The van der Waals surface area contributed by atoms with Crippen molar-refractivity contribution in [3.05, 3.63) is 63.3 Å². The van der Waals surface area contributed by atoms with Gasteiger partial charge in [0.05, 0.1) is 5.56 Å². The van der Waals surface area contributed by atoms with Gasteiger partial charge in [-0.2, -0.15) is 0 Å². The van der Waals surface area contributed by atoms with Gasteiger partial charge in [0.2, 0.25) is 0 Å². The number of quaternary nitrogens is 1. The van der Waals surface area contributed by atoms with Crippen LogP contribution in [0.3, 0.4) is 0 Å². The van der Waals surface area contributed by atoms with Crippen LogP contribution in [0.4, 0.5) is 5.69 Å². The number of hydrogen-bond donors (Lipinski definition) is 1. The molecule has 4 rings (SSSR count). The lowest BCUT2D eigenvalue weighted by Gasteiger charge is -2.12. The van der Waals surface area contributed by atoms with E-state index in [2.05, 4.69) is 17.9 Å². The Morgan fingerprint density at radius 3 is 2.90 bits per heavy atom. The average molecular weight is 264 g/mol. The maximum Gasteiger partial charge on any atom is 0.189 e. The fourth-order valence-electron chi connectivity index (χ4n) is 3.09. The smallest absolute Gasteiger partial charge is 0.189 e. The van der Waals surface area contributed by atoms with Crippen molar-refractivity contribution < 1.29 is 10.2 Å². The van der Waals surface area contributed by atoms with Gasteiger partial charge < -0.3 is 10.2 Å². The summed E-state index contributed by atoms with van der Waals surface area (Å²) in [5.74, 6) is 1.57. The zero-order chi connectivity index (χ0) is 13.9. The number of hydrogen-bond acceptors (Lipinski definition) is 2. The van der Waals surface area contributed by atoms with E-state index in [-0.39, 0.29) is 5.43 Å². The van der Waals surface area contributed by atoms with Crippen LogP contribution in [0.5, 0.6) is 0 Å². The van der Waals surface area contributed by atoms with Crippen LogP contribution in [0, 0.1) is 6.92 Å². The highest BCUT2D eigenvalue weighted by atomic mass is 16.3. The van der Waals surface area contributed by atoms with Crippen molar-refractivity contribution in [1.82, 2.24) is 0 Å². The van der Waals surface area contributed by atoms with Crippen LogP contribution in [-0.4, -0.2) is 0 Å². The lowest BCUT2D eigenvalue weighted by molar-refractivity contribution is -0.254. The first-order valence-corrected chi connectivity index (χ1v) is 6.66. The third-order valence-electron chi connectivity index (χ3n) is 4.08. The van der Waals surface area contributed by atoms with E-state index >= 15 is 0 Å². The van der Waals surface area contributed by atoms with Crippen LogP contribution in [0.1, 0.15) is 16.7 Å². The molecule has 3 N–H and O–H groups in total. The first-order valence-electron chi connectivity index (χ1n) is 6.66. The van der Waals surface area contributed by atoms with Gasteiger partial charge in [-0.15, -0.1) is 0 Å². The fraction of sp³-hybridized carbons (Fsp3) is 0.118. The van der Waals surface area contributed by atoms with Crippen LogP contribution in [0.2, 0.25) is 0 Å². The molecule has 0 unspecified atom stereocenters. The van der Waals surface area contributed by atoms with Crippen molar-refractivity contribution in [1.29, 1.82) is 0 Å². The summed E-state index contributed by atoms with van der Waals surface area (Å²) >= 11 is 0. The maximum absolute atomic E-state index is 12.1. The summed E-state index contributed by atoms with van der Waals surface area (Å²) in [6.45, 7) is 2.01. The second kappa shape index (κ2) is 3.81. The standard InChI is InChI=1S/C17H13NO2/c1-9-13-8-10-7-11(18)5-6-12(10)17(13)20-15-4-2-3-14(19)16(9)15/h2-7H,8,18H2,1H3/p+1. The summed E-state index contributed by atoms with van der Waals surface area (Å²) in [4.78, 5) is 12.1. The first-order chi connectivity index (χ1) is 9.65. The van der Waals surface area contributed by atoms with Gasteiger partial charge in [-0.3, -0.25) is 4.79 Å². The van der Waals surface area contributed by atoms with E-state index in [4.69, 9.17) is 4.42 Å². The predicted octanol–water partition coefficient (Wildman–Crippen LogP) is 2.50. The summed E-state index contributed by atoms with van der Waals surface area (Å²) in [6, 6.07) is 11.3. The molecule has 0 bridgehead atoms. The van der Waals surface area contributed by atoms with Crippen LogP contribution in [0.25, 0.3) is 22.6 Å². The predicted molar refractivity (Wildman–Crippen MR) is 77.1 cm³/mol. The maximum atomic E-state index is 12.1. The summed E-state index contributed by atoms with van der Waals surface area (Å²) in [5, 5.41) is 0. The van der Waals surface area contributed by atoms with Gasteiger partial charge in [0.1, 0.15) is 17.2 Å². The quantitative estimate of drug-likeness (QED) is 0.530. The van der Waals surface area contributed by atoms with Gasteiger partial charge >= 0.3 is 0 Å². The molecule has 0 atom stereocenters. The molecule has 0 fully saturated rings. The molecule has 3 heteroatoms. The third-order valence-corrected chi connectivity index (χ3v) is 4.08. The Morgan fingerprint density at radius 1 is 1.20 bits per heavy atom. The molecule has 98 valence electrons. The Hall–Kier alpha value is -2.39. The third kappa shape index (κ3) is 1.41. The van der Waals surface area contributed by atoms with Crippen LogP contribution in [0.15, 0.2) is 45.6 Å². The molecule has 0 saturated carbocycles. The van der Waals surface area contributed by atoms with E-state index in [0.717, 1.165) is 34.6 Å². The first kappa shape index (κ1) is 11.4. The average Bonchev–Trinajstić information content (AvgIpc) is 2.77. The van der Waals surface area contributed by atoms with Crippen molar-refractivity contribution in [2.45, 2.75) is 13.3 Å². The zero-order valence-electron chi connectivity index (χ0n) is 11.2. The molecule has 2 aliphatic carbocycles. The minimum atomic E-state index is 0.0281. The van der Waals surface area contributed by atoms with E-state index in [1.807, 2.05) is 19.1 Å². The number of fused-ring (bicyclic) bond motifs is 4. The summed E-state index contributed by atoms with van der Waals surface area (Å²) in [5.41, 5.74) is 10.2. The molecule has 3 nitrogen and oxygen atoms in total. The molecule has 0 spiro atoms. The number of rotatable bonds is 0. The second-order valence-corrected chi connectivity index (χ2v) is 5.33. The van der Waals surface area contributed by atoms with Crippen LogP contribution >= 0.6 is 0 Å². The van der Waals surface area contributed by atoms with Gasteiger partial charge in [0.15, 0.2) is 5.43 Å². The highest BCUT2D eigenvalue weighted by Crippen LogP contribution is 2.42. The highest BCUT2D eigenvalue weighted by molar-refractivity contribution is 5.79. The second-order valence-electron chi connectivity index (χ2n) is 5.33. The molecule has 20 heavy (non-hydrogen) atoms. The Bertz CT molecular complexity index is 877. The van der Waals surface area contributed by atoms with E-state index in [1.165, 1.54) is 5.56 Å². The van der Waals surface area contributed by atoms with Crippen LogP contribution in [-0.2, 0) is 6.42 Å². The van der Waals surface area contributed by atoms with E-state index < -0.39 is 0 Å². The summed E-state index contributed by atoms with van der Waals surface area (Å²) < 4.78 is 6.01. The van der Waals surface area contributed by atoms with Crippen molar-refractivity contribution in [2.75, 3.05) is 0 Å². The molecule has 0 radical (unpaired) electrons. The Morgan fingerprint density at radius 2 is 2.05 bits per heavy atom. The normalized spacial score (nSPS) is 12.5. The van der Waals surface area contributed by atoms with E-state index in [0.29, 0.717) is 11.3 Å². The Balaban J connectivity index is 2.11. The highest BCUT2D eigenvalue weighted by Gasteiger charge is 2.27. The minimum Gasteiger partial charge on any atom is -0.456 e. The summed E-state index contributed by atoms with van der Waals surface area (Å²) in [7, 11) is 0. The summed E-state index contributed by atoms with van der Waals surface area (Å²) in [6.07, 6.45) is 0.813. The van der Waals surface area contributed by atoms with Gasteiger partial charge in [-0.05, 0) is 42.3 Å². The Labute approximate surface area is 116 Å². The monoisotopic (exact) mass is 264 g/mol. The molecule has 0 aromatic heterocycles. The fourth-order valence-corrected chi connectivity index (χ4v) is 3.09. The molecule has 0 amide bonds. The van der Waals surface area contributed by atoms with Crippen molar-refractivity contribution in [3.63, 3.8) is 0 Å². The van der Waals surface area contributed by atoms with Crippen LogP contribution < -0.4 is 11.2 Å². The van der Waals surface area contributed by atoms with Gasteiger partial charge in [-0.25, -0.2) is 0 Å². The SMILES string of the molecule is Cc1c2c(oc3cccc(=O)c1-3)-c1ccc([NH3+])cc1C2. The molecule has 1 aliphatic heterocycles. The van der Waals surface area contributed by atoms with E-state index in [1.54, 1.807) is 12.1 Å². The lowest BCUT2D eigenvalue weighted by Crippen LogP contribution is -2.40. The molecule has 1 heterocycles. The number of benzene rings is 2. The van der Waals surface area contributed by atoms with Gasteiger partial charge in [0, 0.05) is 23.6 Å². The van der Waals surface area contributed by atoms with Crippen molar-refractivity contribution in [2.24, 2.45) is 0 Å². The molecule has 0 saturated heterocycles. The largest absolute Gasteiger partial charge is 0.456 e. The molecule has 3 aliphatic rings. The van der Waals surface area contributed by atoms with Gasteiger partial charge in [-0.1, -0.05) is 6.07 Å². The topological polar surface area (TPSA) is 57.9 Å². The molecule has 1 aromatic carbocycles. The van der Waals surface area contributed by atoms with Crippen molar-refractivity contribution in [3.8, 4) is 22.6 Å². The van der Waals surface area contributed by atoms with Crippen molar-refractivity contribution >= 4 is 5.69 Å². The zero-order valence-corrected chi connectivity index (χ0v) is 11.2. The molecular weight excluding hydrogens is 250 g/mol. The Kier molecular flexibility index (Phi) is 2.18. The minimum absolute atomic E-state index is 0.0281. The van der Waals surface area contributed by atoms with Gasteiger partial charge in [0.25, 0.3) is 0 Å². The van der Waals surface area contributed by atoms with E-state index in [9.17, 15) is 4.79 Å². The molecule has 1 aromatic rings. The molecular formula is C17H14NO2+. The lowest BCUT2D eigenvalue weighted by atomic mass is 9.99.